The fourth-order valence-corrected chi connectivity index (χ4v) is 2.78. The first-order valence-electron chi connectivity index (χ1n) is 7.85. The number of carbonyl (C=O) groups is 2. The van der Waals surface area contributed by atoms with Gasteiger partial charge in [-0.1, -0.05) is 25.9 Å². The minimum atomic E-state index is -1.17. The van der Waals surface area contributed by atoms with Crippen LogP contribution in [0.4, 0.5) is 0 Å². The normalized spacial score (nSPS) is 30.3. The third kappa shape index (κ3) is 2.96. The molecule has 1 aliphatic heterocycles. The van der Waals surface area contributed by atoms with Crippen LogP contribution in [-0.2, 0) is 23.9 Å². The van der Waals surface area contributed by atoms with Gasteiger partial charge in [-0.3, -0.25) is 4.79 Å². The van der Waals surface area contributed by atoms with E-state index in [1.54, 1.807) is 13.8 Å². The van der Waals surface area contributed by atoms with Gasteiger partial charge in [0, 0.05) is 17.8 Å². The van der Waals surface area contributed by atoms with Crippen molar-refractivity contribution < 1.29 is 23.9 Å². The van der Waals surface area contributed by atoms with E-state index in [4.69, 9.17) is 14.3 Å². The molecule has 6 nitrogen and oxygen atoms in total. The number of hydrogen-bond donors (Lipinski definition) is 0. The van der Waals surface area contributed by atoms with E-state index in [9.17, 15) is 9.59 Å². The molecule has 0 aromatic rings. The molecule has 2 aliphatic rings. The number of ether oxygens (including phenoxy) is 2. The first-order valence-corrected chi connectivity index (χ1v) is 7.85. The number of oxime groups is 1. The summed E-state index contributed by atoms with van der Waals surface area (Å²) in [4.78, 5) is 30.0. The molecule has 124 valence electrons. The summed E-state index contributed by atoms with van der Waals surface area (Å²) in [6.45, 7) is 10.2. The molecule has 3 unspecified atom stereocenters. The van der Waals surface area contributed by atoms with Crippen LogP contribution >= 0.6 is 0 Å². The Labute approximate surface area is 131 Å². The van der Waals surface area contributed by atoms with Crippen LogP contribution in [0.1, 0.15) is 47.5 Å². The summed E-state index contributed by atoms with van der Waals surface area (Å²) in [5.41, 5.74) is -0.548. The van der Waals surface area contributed by atoms with Gasteiger partial charge < -0.3 is 14.3 Å². The molecule has 22 heavy (non-hydrogen) atoms. The summed E-state index contributed by atoms with van der Waals surface area (Å²) in [5, 5.41) is 4.13. The Bertz CT molecular complexity index is 493. The smallest absolute Gasteiger partial charge is 0.354 e. The second-order valence-corrected chi connectivity index (χ2v) is 6.87. The minimum absolute atomic E-state index is 0.192. The highest BCUT2D eigenvalue weighted by Crippen LogP contribution is 2.53. The first-order chi connectivity index (χ1) is 10.3. The highest BCUT2D eigenvalue weighted by atomic mass is 16.7. The fourth-order valence-electron chi connectivity index (χ4n) is 2.78. The van der Waals surface area contributed by atoms with Gasteiger partial charge in [-0.05, 0) is 20.3 Å². The Hall–Kier alpha value is -1.59. The number of esters is 2. The predicted octanol–water partition coefficient (Wildman–Crippen LogP) is 2.31. The molecule has 0 aromatic carbocycles. The molecule has 0 bridgehead atoms. The summed E-state index contributed by atoms with van der Waals surface area (Å²) < 4.78 is 10.2. The van der Waals surface area contributed by atoms with Crippen molar-refractivity contribution >= 4 is 17.7 Å². The van der Waals surface area contributed by atoms with Crippen LogP contribution in [0.25, 0.3) is 0 Å². The Morgan fingerprint density at radius 2 is 1.91 bits per heavy atom. The van der Waals surface area contributed by atoms with Crippen LogP contribution in [-0.4, -0.2) is 36.5 Å². The van der Waals surface area contributed by atoms with E-state index < -0.39 is 11.6 Å². The topological polar surface area (TPSA) is 74.2 Å². The fraction of sp³-hybridized carbons (Fsp3) is 0.812. The lowest BCUT2D eigenvalue weighted by Crippen LogP contribution is -2.44. The van der Waals surface area contributed by atoms with Crippen molar-refractivity contribution in [2.45, 2.75) is 53.1 Å². The lowest BCUT2D eigenvalue weighted by Gasteiger charge is -2.25. The van der Waals surface area contributed by atoms with Crippen molar-refractivity contribution in [2.75, 3.05) is 13.2 Å². The molecule has 3 atom stereocenters. The minimum Gasteiger partial charge on any atom is -0.466 e. The van der Waals surface area contributed by atoms with E-state index in [0.29, 0.717) is 19.4 Å². The van der Waals surface area contributed by atoms with Crippen LogP contribution in [0.2, 0.25) is 0 Å². The molecular formula is C16H25NO5. The Balaban J connectivity index is 2.17. The van der Waals surface area contributed by atoms with Crippen molar-refractivity contribution in [3.05, 3.63) is 0 Å². The van der Waals surface area contributed by atoms with Gasteiger partial charge in [-0.2, -0.15) is 0 Å². The lowest BCUT2D eigenvalue weighted by atomic mass is 9.81. The van der Waals surface area contributed by atoms with Crippen molar-refractivity contribution in [1.29, 1.82) is 0 Å². The average Bonchev–Trinajstić information content (AvgIpc) is 3.10. The van der Waals surface area contributed by atoms with Crippen LogP contribution < -0.4 is 0 Å². The standard InChI is InChI=1S/C16H25NO5/c1-6-20-13(18)10-8-11(10)16(14(19)21-7-2)9-12(17-22-16)15(3,4)5/h10-11H,6-9H2,1-5H3. The molecule has 0 spiro atoms. The van der Waals surface area contributed by atoms with Crippen LogP contribution in [0.3, 0.4) is 0 Å². The monoisotopic (exact) mass is 311 g/mol. The molecule has 0 aromatic heterocycles. The molecule has 0 saturated heterocycles. The van der Waals surface area contributed by atoms with Crippen molar-refractivity contribution in [2.24, 2.45) is 22.4 Å². The summed E-state index contributed by atoms with van der Waals surface area (Å²) in [5.74, 6) is -1.24. The van der Waals surface area contributed by atoms with Gasteiger partial charge in [0.05, 0.1) is 24.8 Å². The van der Waals surface area contributed by atoms with Crippen LogP contribution in [0, 0.1) is 17.3 Å². The van der Waals surface area contributed by atoms with E-state index >= 15 is 0 Å². The summed E-state index contributed by atoms with van der Waals surface area (Å²) in [6, 6.07) is 0. The number of carbonyl (C=O) groups excluding carboxylic acids is 2. The van der Waals surface area contributed by atoms with Crippen molar-refractivity contribution in [3.8, 4) is 0 Å². The molecule has 0 N–H and O–H groups in total. The van der Waals surface area contributed by atoms with Gasteiger partial charge in [0.15, 0.2) is 0 Å². The van der Waals surface area contributed by atoms with Crippen LogP contribution in [0.5, 0.6) is 0 Å². The average molecular weight is 311 g/mol. The molecule has 2 rings (SSSR count). The van der Waals surface area contributed by atoms with E-state index in [1.807, 2.05) is 20.8 Å². The number of rotatable bonds is 5. The van der Waals surface area contributed by atoms with Gasteiger partial charge in [-0.25, -0.2) is 4.79 Å². The predicted molar refractivity (Wildman–Crippen MR) is 80.2 cm³/mol. The molecule has 0 radical (unpaired) electrons. The van der Waals surface area contributed by atoms with Gasteiger partial charge in [0.1, 0.15) is 0 Å². The van der Waals surface area contributed by atoms with Gasteiger partial charge in [0.2, 0.25) is 5.60 Å². The van der Waals surface area contributed by atoms with Crippen molar-refractivity contribution in [1.82, 2.24) is 0 Å². The van der Waals surface area contributed by atoms with Gasteiger partial charge >= 0.3 is 11.9 Å². The first kappa shape index (κ1) is 16.8. The SMILES string of the molecule is CCOC(=O)C1CC1C1(C(=O)OCC)CC(C(C)(C)C)=NO1. The summed E-state index contributed by atoms with van der Waals surface area (Å²) in [6.07, 6.45) is 0.945. The Morgan fingerprint density at radius 3 is 2.41 bits per heavy atom. The molecule has 1 saturated carbocycles. The second-order valence-electron chi connectivity index (χ2n) is 6.87. The maximum Gasteiger partial charge on any atom is 0.354 e. The zero-order chi connectivity index (χ0) is 16.5. The second kappa shape index (κ2) is 5.89. The number of nitrogens with zero attached hydrogens (tertiary/aromatic N) is 1. The molecule has 0 amide bonds. The van der Waals surface area contributed by atoms with E-state index in [0.717, 1.165) is 5.71 Å². The van der Waals surface area contributed by atoms with Crippen LogP contribution in [0.15, 0.2) is 5.16 Å². The summed E-state index contributed by atoms with van der Waals surface area (Å²) >= 11 is 0. The highest BCUT2D eigenvalue weighted by Gasteiger charge is 2.66. The molecular weight excluding hydrogens is 286 g/mol. The maximum atomic E-state index is 12.5. The molecule has 1 heterocycles. The summed E-state index contributed by atoms with van der Waals surface area (Å²) in [7, 11) is 0. The maximum absolute atomic E-state index is 12.5. The Morgan fingerprint density at radius 1 is 1.27 bits per heavy atom. The Kier molecular flexibility index (Phi) is 4.49. The third-order valence-corrected chi connectivity index (χ3v) is 4.21. The van der Waals surface area contributed by atoms with Crippen molar-refractivity contribution in [3.63, 3.8) is 0 Å². The quantitative estimate of drug-likeness (QED) is 0.728. The third-order valence-electron chi connectivity index (χ3n) is 4.21. The molecule has 1 fully saturated rings. The lowest BCUT2D eigenvalue weighted by molar-refractivity contribution is -0.173. The highest BCUT2D eigenvalue weighted by molar-refractivity contribution is 5.97. The van der Waals surface area contributed by atoms with E-state index in [1.165, 1.54) is 0 Å². The zero-order valence-electron chi connectivity index (χ0n) is 14.0. The molecule has 6 heteroatoms. The number of hydrogen-bond acceptors (Lipinski definition) is 6. The zero-order valence-corrected chi connectivity index (χ0v) is 14.0. The van der Waals surface area contributed by atoms with Gasteiger partial charge in [-0.15, -0.1) is 0 Å². The van der Waals surface area contributed by atoms with Gasteiger partial charge in [0.25, 0.3) is 0 Å². The van der Waals surface area contributed by atoms with E-state index in [2.05, 4.69) is 5.16 Å². The van der Waals surface area contributed by atoms with E-state index in [-0.39, 0.29) is 29.8 Å². The molecule has 1 aliphatic carbocycles. The largest absolute Gasteiger partial charge is 0.466 e.